The zero-order valence-corrected chi connectivity index (χ0v) is 22.9. The molecule has 9 heteroatoms. The Hall–Kier alpha value is -3.68. The normalized spacial score (nSPS) is 14.7. The van der Waals surface area contributed by atoms with Crippen LogP contribution in [0.5, 0.6) is 17.2 Å². The van der Waals surface area contributed by atoms with Crippen molar-refractivity contribution in [2.75, 3.05) is 27.9 Å². The van der Waals surface area contributed by atoms with Crippen molar-refractivity contribution >= 4 is 29.1 Å². The zero-order chi connectivity index (χ0) is 27.0. The number of aryl methyl sites for hydroxylation is 1. The van der Waals surface area contributed by atoms with E-state index in [1.54, 1.807) is 46.5 Å². The summed E-state index contributed by atoms with van der Waals surface area (Å²) in [7, 11) is 4.83. The van der Waals surface area contributed by atoms with Crippen LogP contribution in [-0.2, 0) is 6.42 Å². The summed E-state index contributed by atoms with van der Waals surface area (Å²) in [6.07, 6.45) is 0.626. The summed E-state index contributed by atoms with van der Waals surface area (Å²) in [5.74, 6) is 2.10. The number of amides is 1. The maximum atomic E-state index is 14.4. The van der Waals surface area contributed by atoms with E-state index in [4.69, 9.17) is 41.9 Å². The van der Waals surface area contributed by atoms with Gasteiger partial charge in [0.1, 0.15) is 22.8 Å². The average Bonchev–Trinajstić information content (AvgIpc) is 3.31. The van der Waals surface area contributed by atoms with Gasteiger partial charge in [0, 0.05) is 12.1 Å². The van der Waals surface area contributed by atoms with E-state index in [1.807, 2.05) is 41.3 Å². The number of halogens is 2. The number of aromatic nitrogens is 1. The summed E-state index contributed by atoms with van der Waals surface area (Å²) in [5, 5.41) is 4.96. The first-order valence-corrected chi connectivity index (χ1v) is 12.7. The van der Waals surface area contributed by atoms with Crippen LogP contribution < -0.4 is 14.2 Å². The molecular formula is C29H26Cl2N2O5. The maximum absolute atomic E-state index is 14.4. The highest BCUT2D eigenvalue weighted by Gasteiger charge is 2.37. The molecule has 7 nitrogen and oxygen atoms in total. The lowest BCUT2D eigenvalue weighted by Gasteiger charge is -2.38. The topological polar surface area (TPSA) is 74.0 Å². The summed E-state index contributed by atoms with van der Waals surface area (Å²) in [6, 6.07) is 16.3. The van der Waals surface area contributed by atoms with E-state index in [-0.39, 0.29) is 5.91 Å². The van der Waals surface area contributed by atoms with Crippen LogP contribution in [0.3, 0.4) is 0 Å². The third kappa shape index (κ3) is 4.46. The Morgan fingerprint density at radius 2 is 1.63 bits per heavy atom. The smallest absolute Gasteiger partial charge is 0.260 e. The van der Waals surface area contributed by atoms with Crippen molar-refractivity contribution in [3.63, 3.8) is 0 Å². The second-order valence-corrected chi connectivity index (χ2v) is 9.70. The fourth-order valence-corrected chi connectivity index (χ4v) is 5.55. The number of hydrogen-bond acceptors (Lipinski definition) is 6. The predicted molar refractivity (Wildman–Crippen MR) is 146 cm³/mol. The van der Waals surface area contributed by atoms with Gasteiger partial charge in [-0.1, -0.05) is 46.6 Å². The SMILES string of the molecule is COc1ccc(C2c3cc(OC)c(OC)cc3CCN2C(=O)c2c(-c3c(Cl)cccc3Cl)noc2C)cc1. The van der Waals surface area contributed by atoms with E-state index in [1.165, 1.54) is 0 Å². The summed E-state index contributed by atoms with van der Waals surface area (Å²) >= 11 is 13.0. The molecule has 0 N–H and O–H groups in total. The number of ether oxygens (including phenoxy) is 3. The van der Waals surface area contributed by atoms with Crippen molar-refractivity contribution in [2.45, 2.75) is 19.4 Å². The molecule has 0 saturated carbocycles. The van der Waals surface area contributed by atoms with Crippen LogP contribution in [0.4, 0.5) is 0 Å². The Kier molecular flexibility index (Phi) is 7.23. The Morgan fingerprint density at radius 3 is 2.26 bits per heavy atom. The van der Waals surface area contributed by atoms with Gasteiger partial charge in [0.15, 0.2) is 11.5 Å². The lowest BCUT2D eigenvalue weighted by molar-refractivity contribution is 0.0693. The Labute approximate surface area is 230 Å². The molecule has 1 aromatic heterocycles. The van der Waals surface area contributed by atoms with Crippen molar-refractivity contribution in [1.82, 2.24) is 10.1 Å². The molecule has 0 spiro atoms. The van der Waals surface area contributed by atoms with Crippen LogP contribution >= 0.6 is 23.2 Å². The maximum Gasteiger partial charge on any atom is 0.260 e. The molecule has 5 rings (SSSR count). The molecule has 4 aromatic rings. The number of benzene rings is 3. The van der Waals surface area contributed by atoms with Gasteiger partial charge in [-0.2, -0.15) is 0 Å². The molecule has 2 heterocycles. The first kappa shape index (κ1) is 25.9. The molecule has 1 amide bonds. The van der Waals surface area contributed by atoms with Gasteiger partial charge in [0.05, 0.1) is 37.4 Å². The Balaban J connectivity index is 1.67. The highest BCUT2D eigenvalue weighted by Crippen LogP contribution is 2.43. The number of carbonyl (C=O) groups excluding carboxylic acids is 1. The molecule has 38 heavy (non-hydrogen) atoms. The van der Waals surface area contributed by atoms with Gasteiger partial charge >= 0.3 is 0 Å². The van der Waals surface area contributed by atoms with Crippen molar-refractivity contribution in [2.24, 2.45) is 0 Å². The van der Waals surface area contributed by atoms with Crippen molar-refractivity contribution in [3.05, 3.63) is 92.7 Å². The lowest BCUT2D eigenvalue weighted by Crippen LogP contribution is -2.41. The van der Waals surface area contributed by atoms with Crippen LogP contribution in [0.15, 0.2) is 59.1 Å². The first-order chi connectivity index (χ1) is 18.4. The summed E-state index contributed by atoms with van der Waals surface area (Å²) in [6.45, 7) is 2.17. The summed E-state index contributed by atoms with van der Waals surface area (Å²) in [5.41, 5.74) is 4.03. The van der Waals surface area contributed by atoms with Crippen LogP contribution in [0.25, 0.3) is 11.3 Å². The number of nitrogens with zero attached hydrogens (tertiary/aromatic N) is 2. The molecule has 0 saturated heterocycles. The summed E-state index contributed by atoms with van der Waals surface area (Å²) in [4.78, 5) is 16.2. The fourth-order valence-electron chi connectivity index (χ4n) is 4.97. The molecule has 3 aromatic carbocycles. The van der Waals surface area contributed by atoms with E-state index < -0.39 is 6.04 Å². The molecule has 1 atom stereocenters. The third-order valence-corrected chi connectivity index (χ3v) is 7.47. The highest BCUT2D eigenvalue weighted by molar-refractivity contribution is 6.39. The molecule has 1 aliphatic heterocycles. The number of carbonyl (C=O) groups is 1. The van der Waals surface area contributed by atoms with Gasteiger partial charge < -0.3 is 23.6 Å². The van der Waals surface area contributed by atoms with Gasteiger partial charge in [-0.3, -0.25) is 4.79 Å². The second kappa shape index (κ2) is 10.6. The second-order valence-electron chi connectivity index (χ2n) is 8.89. The first-order valence-electron chi connectivity index (χ1n) is 12.0. The van der Waals surface area contributed by atoms with Gasteiger partial charge in [-0.15, -0.1) is 0 Å². The number of methoxy groups -OCH3 is 3. The quantitative estimate of drug-likeness (QED) is 0.262. The molecule has 0 aliphatic carbocycles. The molecule has 1 aliphatic rings. The van der Waals surface area contributed by atoms with Gasteiger partial charge in [-0.05, 0) is 66.4 Å². The van der Waals surface area contributed by atoms with E-state index in [0.29, 0.717) is 57.1 Å². The Bertz CT molecular complexity index is 1480. The molecule has 1 unspecified atom stereocenters. The minimum atomic E-state index is -0.416. The van der Waals surface area contributed by atoms with Crippen LogP contribution in [0, 0.1) is 6.92 Å². The van der Waals surface area contributed by atoms with Crippen LogP contribution in [0.1, 0.15) is 38.9 Å². The van der Waals surface area contributed by atoms with Gasteiger partial charge in [0.25, 0.3) is 5.91 Å². The van der Waals surface area contributed by atoms with Crippen molar-refractivity contribution in [3.8, 4) is 28.5 Å². The van der Waals surface area contributed by atoms with Crippen LogP contribution in [-0.4, -0.2) is 43.8 Å². The molecule has 196 valence electrons. The summed E-state index contributed by atoms with van der Waals surface area (Å²) < 4.78 is 22.0. The highest BCUT2D eigenvalue weighted by atomic mass is 35.5. The monoisotopic (exact) mass is 552 g/mol. The Morgan fingerprint density at radius 1 is 0.974 bits per heavy atom. The molecule has 0 bridgehead atoms. The minimum Gasteiger partial charge on any atom is -0.497 e. The largest absolute Gasteiger partial charge is 0.497 e. The van der Waals surface area contributed by atoms with Crippen LogP contribution in [0.2, 0.25) is 10.0 Å². The predicted octanol–water partition coefficient (Wildman–Crippen LogP) is 6.77. The van der Waals surface area contributed by atoms with Crippen molar-refractivity contribution < 1.29 is 23.5 Å². The lowest BCUT2D eigenvalue weighted by atomic mass is 9.87. The molecular weight excluding hydrogens is 527 g/mol. The van der Waals surface area contributed by atoms with Gasteiger partial charge in [-0.25, -0.2) is 0 Å². The number of fused-ring (bicyclic) bond motifs is 1. The molecule has 0 radical (unpaired) electrons. The minimum absolute atomic E-state index is 0.240. The standard InChI is InChI=1S/C29H26Cl2N2O5/c1-16-25(27(32-38-16)26-21(30)6-5-7-22(26)31)29(34)33-13-12-18-14-23(36-3)24(37-4)15-20(18)28(33)17-8-10-19(35-2)11-9-17/h5-11,14-15,28H,12-13H2,1-4H3. The number of hydrogen-bond donors (Lipinski definition) is 0. The van der Waals surface area contributed by atoms with Crippen molar-refractivity contribution in [1.29, 1.82) is 0 Å². The van der Waals surface area contributed by atoms with Gasteiger partial charge in [0.2, 0.25) is 0 Å². The van der Waals surface area contributed by atoms with E-state index in [2.05, 4.69) is 5.16 Å². The fraction of sp³-hybridized carbons (Fsp3) is 0.241. The van der Waals surface area contributed by atoms with E-state index in [9.17, 15) is 4.79 Å². The number of rotatable bonds is 6. The zero-order valence-electron chi connectivity index (χ0n) is 21.4. The van der Waals surface area contributed by atoms with E-state index in [0.717, 1.165) is 22.4 Å². The average molecular weight is 553 g/mol. The van der Waals surface area contributed by atoms with E-state index >= 15 is 0 Å². The molecule has 0 fully saturated rings. The third-order valence-electron chi connectivity index (χ3n) is 6.84.